The molecular weight excluding hydrogens is 454 g/mol. The number of aromatic nitrogens is 1. The third kappa shape index (κ3) is 3.40. The van der Waals surface area contributed by atoms with Gasteiger partial charge < -0.3 is 34.5 Å². The maximum atomic E-state index is 13.0. The molecule has 11 nitrogen and oxygen atoms in total. The Morgan fingerprint density at radius 3 is 2.63 bits per heavy atom. The fourth-order valence-electron chi connectivity index (χ4n) is 5.52. The fraction of sp³-hybridized carbons (Fsp3) is 0.542. The highest BCUT2D eigenvalue weighted by molar-refractivity contribution is 6.03. The van der Waals surface area contributed by atoms with Gasteiger partial charge in [0.1, 0.15) is 23.5 Å². The third-order valence-electron chi connectivity index (χ3n) is 7.69. The molecule has 5 heterocycles. The van der Waals surface area contributed by atoms with Gasteiger partial charge in [-0.15, -0.1) is 0 Å². The number of carbonyl (C=O) groups excluding carboxylic acids is 1. The molecule has 2 fully saturated rings. The van der Waals surface area contributed by atoms with Crippen molar-refractivity contribution < 1.29 is 28.3 Å². The van der Waals surface area contributed by atoms with E-state index in [-0.39, 0.29) is 24.2 Å². The second-order valence-electron chi connectivity index (χ2n) is 10.0. The number of anilines is 1. The molecule has 4 aliphatic rings. The van der Waals surface area contributed by atoms with Crippen LogP contribution in [0, 0.1) is 5.41 Å². The van der Waals surface area contributed by atoms with Crippen LogP contribution in [0.2, 0.25) is 0 Å². The number of nitrogens with two attached hydrogens (primary N) is 1. The maximum absolute atomic E-state index is 13.0. The van der Waals surface area contributed by atoms with Crippen LogP contribution < -0.4 is 15.8 Å². The van der Waals surface area contributed by atoms with E-state index in [2.05, 4.69) is 15.4 Å². The third-order valence-corrected chi connectivity index (χ3v) is 7.69. The van der Waals surface area contributed by atoms with E-state index in [0.717, 1.165) is 18.7 Å². The zero-order valence-corrected chi connectivity index (χ0v) is 19.8. The summed E-state index contributed by atoms with van der Waals surface area (Å²) in [6, 6.07) is 7.34. The number of amides is 1. The lowest BCUT2D eigenvalue weighted by molar-refractivity contribution is -0.247. The van der Waals surface area contributed by atoms with Crippen molar-refractivity contribution >= 4 is 17.6 Å². The Morgan fingerprint density at radius 2 is 1.94 bits per heavy atom. The van der Waals surface area contributed by atoms with Crippen molar-refractivity contribution in [2.75, 3.05) is 51.4 Å². The summed E-state index contributed by atoms with van der Waals surface area (Å²) >= 11 is 0. The minimum absolute atomic E-state index is 0.143. The molecule has 6 rings (SSSR count). The number of ether oxygens (including phenoxy) is 4. The minimum atomic E-state index is -0.771. The summed E-state index contributed by atoms with van der Waals surface area (Å²) in [5.41, 5.74) is 5.84. The van der Waals surface area contributed by atoms with Crippen molar-refractivity contribution in [1.82, 2.24) is 10.1 Å². The number of benzene rings is 1. The number of amidine groups is 1. The molecule has 1 unspecified atom stereocenters. The molecule has 0 bridgehead atoms. The molecule has 1 amide bonds. The zero-order chi connectivity index (χ0) is 24.3. The van der Waals surface area contributed by atoms with Gasteiger partial charge in [0, 0.05) is 30.4 Å². The summed E-state index contributed by atoms with van der Waals surface area (Å²) in [5, 5.41) is 6.89. The number of rotatable bonds is 4. The first kappa shape index (κ1) is 22.3. The number of nitrogens with zero attached hydrogens (tertiary/aromatic N) is 3. The molecular formula is C24H29N5O6. The van der Waals surface area contributed by atoms with E-state index in [1.165, 1.54) is 0 Å². The summed E-state index contributed by atoms with van der Waals surface area (Å²) in [6.45, 7) is 8.92. The van der Waals surface area contributed by atoms with Crippen LogP contribution in [0.4, 0.5) is 5.69 Å². The van der Waals surface area contributed by atoms with E-state index in [9.17, 15) is 4.79 Å². The predicted octanol–water partition coefficient (Wildman–Crippen LogP) is 1.49. The Labute approximate surface area is 202 Å². The quantitative estimate of drug-likeness (QED) is 0.663. The molecule has 4 aliphatic heterocycles. The van der Waals surface area contributed by atoms with Crippen molar-refractivity contribution in [3.63, 3.8) is 0 Å². The first-order valence-electron chi connectivity index (χ1n) is 11.8. The predicted molar refractivity (Wildman–Crippen MR) is 124 cm³/mol. The second-order valence-corrected chi connectivity index (χ2v) is 10.0. The van der Waals surface area contributed by atoms with Gasteiger partial charge in [0.2, 0.25) is 0 Å². The van der Waals surface area contributed by atoms with Gasteiger partial charge in [-0.1, -0.05) is 5.16 Å². The largest absolute Gasteiger partial charge is 0.487 e. The van der Waals surface area contributed by atoms with Gasteiger partial charge in [-0.2, -0.15) is 0 Å². The molecule has 2 saturated heterocycles. The van der Waals surface area contributed by atoms with E-state index >= 15 is 0 Å². The smallest absolute Gasteiger partial charge is 0.283 e. The number of morpholine rings is 1. The van der Waals surface area contributed by atoms with E-state index in [1.54, 1.807) is 12.1 Å². The van der Waals surface area contributed by atoms with E-state index in [1.807, 2.05) is 26.0 Å². The Morgan fingerprint density at radius 1 is 1.14 bits per heavy atom. The molecule has 2 aromatic rings. The lowest BCUT2D eigenvalue weighted by Crippen LogP contribution is -2.71. The molecule has 3 N–H and O–H groups in total. The van der Waals surface area contributed by atoms with Gasteiger partial charge in [0.05, 0.1) is 38.4 Å². The molecule has 1 atom stereocenters. The maximum Gasteiger partial charge on any atom is 0.283 e. The molecule has 0 saturated carbocycles. The fourth-order valence-corrected chi connectivity index (χ4v) is 5.52. The van der Waals surface area contributed by atoms with Crippen LogP contribution >= 0.6 is 0 Å². The highest BCUT2D eigenvalue weighted by atomic mass is 16.5. The average Bonchev–Trinajstić information content (AvgIpc) is 3.41. The Bertz CT molecular complexity index is 1180. The number of nitrogens with one attached hydrogen (secondary N) is 1. The van der Waals surface area contributed by atoms with Crippen molar-refractivity contribution in [2.24, 2.45) is 16.1 Å². The van der Waals surface area contributed by atoms with Gasteiger partial charge in [0.15, 0.2) is 11.5 Å². The number of fused-ring (bicyclic) bond motifs is 3. The Balaban J connectivity index is 1.26. The normalized spacial score (nSPS) is 26.4. The first-order valence-corrected chi connectivity index (χ1v) is 11.8. The van der Waals surface area contributed by atoms with Gasteiger partial charge in [-0.05, 0) is 32.0 Å². The van der Waals surface area contributed by atoms with Gasteiger partial charge >= 0.3 is 0 Å². The summed E-state index contributed by atoms with van der Waals surface area (Å²) in [4.78, 5) is 19.9. The molecule has 0 radical (unpaired) electrons. The van der Waals surface area contributed by atoms with Crippen LogP contribution in [0.1, 0.15) is 35.7 Å². The topological polar surface area (TPSA) is 134 Å². The molecule has 11 heteroatoms. The van der Waals surface area contributed by atoms with Crippen molar-refractivity contribution in [2.45, 2.75) is 31.5 Å². The summed E-state index contributed by atoms with van der Waals surface area (Å²) in [5.74, 6) is 0.958. The lowest BCUT2D eigenvalue weighted by atomic mass is 9.55. The van der Waals surface area contributed by atoms with Crippen LogP contribution in [0.5, 0.6) is 5.75 Å². The SMILES string of the molecule is CC1(C)Oc2ccc(NC(=O)c3cc(CN4CCOCC4)on3)cc2C2(COC(N)=N2)C12COC2. The highest BCUT2D eigenvalue weighted by Gasteiger charge is 2.71. The Hall–Kier alpha value is -3.15. The minimum Gasteiger partial charge on any atom is -0.487 e. The van der Waals surface area contributed by atoms with Crippen LogP contribution in [-0.4, -0.2) is 73.7 Å². The monoisotopic (exact) mass is 483 g/mol. The second kappa shape index (κ2) is 7.94. The van der Waals surface area contributed by atoms with E-state index in [4.69, 9.17) is 34.2 Å². The average molecular weight is 484 g/mol. The summed E-state index contributed by atoms with van der Waals surface area (Å²) in [7, 11) is 0. The molecule has 0 aliphatic carbocycles. The number of aliphatic imine (C=N–C) groups is 1. The molecule has 1 aromatic heterocycles. The molecule has 35 heavy (non-hydrogen) atoms. The lowest BCUT2D eigenvalue weighted by Gasteiger charge is -2.61. The van der Waals surface area contributed by atoms with Crippen LogP contribution in [0.25, 0.3) is 0 Å². The highest BCUT2D eigenvalue weighted by Crippen LogP contribution is 2.62. The van der Waals surface area contributed by atoms with Crippen LogP contribution in [0.3, 0.4) is 0 Å². The molecule has 2 spiro atoms. The summed E-state index contributed by atoms with van der Waals surface area (Å²) < 4.78 is 28.5. The number of hydrogen-bond donors (Lipinski definition) is 2. The standard InChI is InChI=1S/C24H29N5O6/c1-22(2)23(12-32-13-23)24(14-33-21(25)27-24)17-9-15(3-4-19(17)34-22)26-20(30)18-10-16(35-28-18)11-29-5-7-31-8-6-29/h3-4,9-10H,5-8,11-14H2,1-2H3,(H2,25,27)(H,26,30). The van der Waals surface area contributed by atoms with E-state index < -0.39 is 16.6 Å². The van der Waals surface area contributed by atoms with Crippen LogP contribution in [-0.2, 0) is 26.3 Å². The number of hydrogen-bond acceptors (Lipinski definition) is 10. The van der Waals surface area contributed by atoms with Gasteiger partial charge in [-0.25, -0.2) is 4.99 Å². The Kier molecular flexibility index (Phi) is 5.06. The number of carbonyl (C=O) groups is 1. The van der Waals surface area contributed by atoms with E-state index in [0.29, 0.717) is 50.2 Å². The van der Waals surface area contributed by atoms with Gasteiger partial charge in [0.25, 0.3) is 11.9 Å². The van der Waals surface area contributed by atoms with Crippen LogP contribution in [0.15, 0.2) is 33.8 Å². The first-order chi connectivity index (χ1) is 16.8. The van der Waals surface area contributed by atoms with Crippen molar-refractivity contribution in [3.8, 4) is 5.75 Å². The molecule has 1 aromatic carbocycles. The van der Waals surface area contributed by atoms with Crippen molar-refractivity contribution in [3.05, 3.63) is 41.3 Å². The zero-order valence-electron chi connectivity index (χ0n) is 19.8. The van der Waals surface area contributed by atoms with Gasteiger partial charge in [-0.3, -0.25) is 9.69 Å². The summed E-state index contributed by atoms with van der Waals surface area (Å²) in [6.07, 6.45) is 0. The molecule has 186 valence electrons. The van der Waals surface area contributed by atoms with Crippen molar-refractivity contribution in [1.29, 1.82) is 0 Å².